The Morgan fingerprint density at radius 1 is 1.00 bits per heavy atom. The van der Waals surface area contributed by atoms with Crippen molar-refractivity contribution in [2.75, 3.05) is 6.54 Å². The van der Waals surface area contributed by atoms with E-state index in [9.17, 15) is 4.39 Å². The minimum Gasteiger partial charge on any atom is -0.312 e. The lowest BCUT2D eigenvalue weighted by atomic mass is 10.1. The lowest BCUT2D eigenvalue weighted by molar-refractivity contribution is 0.620. The molecule has 0 saturated carbocycles. The fourth-order valence-corrected chi connectivity index (χ4v) is 1.89. The van der Waals surface area contributed by atoms with Gasteiger partial charge in [0.25, 0.3) is 0 Å². The van der Waals surface area contributed by atoms with E-state index in [1.165, 1.54) is 11.6 Å². The first kappa shape index (κ1) is 13.1. The van der Waals surface area contributed by atoms with Gasteiger partial charge in [-0.05, 0) is 48.4 Å². The van der Waals surface area contributed by atoms with Gasteiger partial charge in [0.15, 0.2) is 0 Å². The van der Waals surface area contributed by atoms with Crippen molar-refractivity contribution in [3.63, 3.8) is 0 Å². The SMILES string of the molecule is Fc1cccc(CNCCc2ccc(Cl)cc2)c1. The summed E-state index contributed by atoms with van der Waals surface area (Å²) in [6, 6.07) is 14.5. The first-order valence-electron chi connectivity index (χ1n) is 5.93. The molecule has 1 nitrogen and oxygen atoms in total. The van der Waals surface area contributed by atoms with E-state index in [1.54, 1.807) is 12.1 Å². The monoisotopic (exact) mass is 263 g/mol. The topological polar surface area (TPSA) is 12.0 Å². The fourth-order valence-electron chi connectivity index (χ4n) is 1.76. The molecule has 0 spiro atoms. The third-order valence-electron chi connectivity index (χ3n) is 2.72. The van der Waals surface area contributed by atoms with E-state index in [-0.39, 0.29) is 5.82 Å². The number of nitrogens with one attached hydrogen (secondary N) is 1. The van der Waals surface area contributed by atoms with E-state index in [1.807, 2.05) is 30.3 Å². The predicted octanol–water partition coefficient (Wildman–Crippen LogP) is 3.81. The van der Waals surface area contributed by atoms with Gasteiger partial charge in [-0.3, -0.25) is 0 Å². The van der Waals surface area contributed by atoms with Crippen LogP contribution in [0.1, 0.15) is 11.1 Å². The summed E-state index contributed by atoms with van der Waals surface area (Å²) in [4.78, 5) is 0. The van der Waals surface area contributed by atoms with Crippen LogP contribution < -0.4 is 5.32 Å². The Balaban J connectivity index is 1.74. The quantitative estimate of drug-likeness (QED) is 0.809. The first-order chi connectivity index (χ1) is 8.74. The van der Waals surface area contributed by atoms with Gasteiger partial charge in [-0.1, -0.05) is 35.9 Å². The summed E-state index contributed by atoms with van der Waals surface area (Å²) in [6.07, 6.45) is 0.937. The average molecular weight is 264 g/mol. The second-order valence-electron chi connectivity index (χ2n) is 4.18. The van der Waals surface area contributed by atoms with Gasteiger partial charge in [0.1, 0.15) is 5.82 Å². The molecule has 2 aromatic carbocycles. The van der Waals surface area contributed by atoms with Crippen molar-refractivity contribution in [2.24, 2.45) is 0 Å². The van der Waals surface area contributed by atoms with E-state index in [4.69, 9.17) is 11.6 Å². The standard InChI is InChI=1S/C15H15ClFN/c16-14-6-4-12(5-7-14)8-9-18-11-13-2-1-3-15(17)10-13/h1-7,10,18H,8-9,11H2. The van der Waals surface area contributed by atoms with Gasteiger partial charge in [-0.15, -0.1) is 0 Å². The molecule has 0 aliphatic heterocycles. The van der Waals surface area contributed by atoms with Crippen molar-refractivity contribution >= 4 is 11.6 Å². The molecule has 0 bridgehead atoms. The summed E-state index contributed by atoms with van der Waals surface area (Å²) in [5.74, 6) is -0.188. The highest BCUT2D eigenvalue weighted by Crippen LogP contribution is 2.09. The van der Waals surface area contributed by atoms with Crippen LogP contribution in [0.25, 0.3) is 0 Å². The predicted molar refractivity (Wildman–Crippen MR) is 73.3 cm³/mol. The lowest BCUT2D eigenvalue weighted by Crippen LogP contribution is -2.16. The number of hydrogen-bond acceptors (Lipinski definition) is 1. The van der Waals surface area contributed by atoms with Crippen LogP contribution >= 0.6 is 11.6 Å². The Bertz CT molecular complexity index is 496. The number of rotatable bonds is 5. The first-order valence-corrected chi connectivity index (χ1v) is 6.31. The van der Waals surface area contributed by atoms with E-state index in [2.05, 4.69) is 5.32 Å². The molecule has 0 fully saturated rings. The molecular formula is C15H15ClFN. The van der Waals surface area contributed by atoms with Crippen LogP contribution in [0.2, 0.25) is 5.02 Å². The Morgan fingerprint density at radius 2 is 1.78 bits per heavy atom. The third kappa shape index (κ3) is 4.13. The Morgan fingerprint density at radius 3 is 2.50 bits per heavy atom. The molecule has 0 saturated heterocycles. The number of halogens is 2. The van der Waals surface area contributed by atoms with Gasteiger partial charge in [0, 0.05) is 11.6 Å². The zero-order chi connectivity index (χ0) is 12.8. The largest absolute Gasteiger partial charge is 0.312 e. The molecule has 0 aromatic heterocycles. The molecule has 2 aromatic rings. The molecule has 2 rings (SSSR count). The molecular weight excluding hydrogens is 249 g/mol. The van der Waals surface area contributed by atoms with Crippen LogP contribution in [0.15, 0.2) is 48.5 Å². The van der Waals surface area contributed by atoms with E-state index in [0.717, 1.165) is 23.6 Å². The normalized spacial score (nSPS) is 10.6. The Labute approximate surface area is 112 Å². The van der Waals surface area contributed by atoms with Crippen LogP contribution in [-0.2, 0) is 13.0 Å². The van der Waals surface area contributed by atoms with Gasteiger partial charge >= 0.3 is 0 Å². The maximum Gasteiger partial charge on any atom is 0.123 e. The Kier molecular flexibility index (Phi) is 4.73. The van der Waals surface area contributed by atoms with Crippen LogP contribution in [0.4, 0.5) is 4.39 Å². The second kappa shape index (κ2) is 6.53. The van der Waals surface area contributed by atoms with Crippen LogP contribution in [0.3, 0.4) is 0 Å². The minimum absolute atomic E-state index is 0.188. The van der Waals surface area contributed by atoms with Crippen molar-refractivity contribution < 1.29 is 4.39 Å². The lowest BCUT2D eigenvalue weighted by Gasteiger charge is -2.05. The molecule has 3 heteroatoms. The summed E-state index contributed by atoms with van der Waals surface area (Å²) in [5.41, 5.74) is 2.21. The molecule has 0 aliphatic rings. The van der Waals surface area contributed by atoms with E-state index < -0.39 is 0 Å². The van der Waals surface area contributed by atoms with Crippen molar-refractivity contribution in [1.29, 1.82) is 0 Å². The number of hydrogen-bond donors (Lipinski definition) is 1. The Hall–Kier alpha value is -1.38. The van der Waals surface area contributed by atoms with Crippen molar-refractivity contribution in [2.45, 2.75) is 13.0 Å². The summed E-state index contributed by atoms with van der Waals surface area (Å²) >= 11 is 5.82. The second-order valence-corrected chi connectivity index (χ2v) is 4.62. The maximum absolute atomic E-state index is 12.9. The van der Waals surface area contributed by atoms with Crippen LogP contribution in [0.5, 0.6) is 0 Å². The maximum atomic E-state index is 12.9. The minimum atomic E-state index is -0.188. The summed E-state index contributed by atoms with van der Waals surface area (Å²) in [7, 11) is 0. The van der Waals surface area contributed by atoms with Gasteiger partial charge in [-0.25, -0.2) is 4.39 Å². The van der Waals surface area contributed by atoms with E-state index >= 15 is 0 Å². The highest BCUT2D eigenvalue weighted by Gasteiger charge is 1.96. The van der Waals surface area contributed by atoms with Gasteiger partial charge in [-0.2, -0.15) is 0 Å². The molecule has 0 unspecified atom stereocenters. The van der Waals surface area contributed by atoms with Crippen molar-refractivity contribution in [3.05, 3.63) is 70.5 Å². The highest BCUT2D eigenvalue weighted by molar-refractivity contribution is 6.30. The third-order valence-corrected chi connectivity index (χ3v) is 2.97. The average Bonchev–Trinajstić information content (AvgIpc) is 2.37. The molecule has 0 aliphatic carbocycles. The van der Waals surface area contributed by atoms with Gasteiger partial charge < -0.3 is 5.32 Å². The molecule has 0 heterocycles. The summed E-state index contributed by atoms with van der Waals surface area (Å²) in [6.45, 7) is 1.55. The zero-order valence-electron chi connectivity index (χ0n) is 10.00. The molecule has 0 amide bonds. The molecule has 0 radical (unpaired) electrons. The smallest absolute Gasteiger partial charge is 0.123 e. The summed E-state index contributed by atoms with van der Waals surface area (Å²) in [5, 5.41) is 4.05. The molecule has 1 N–H and O–H groups in total. The molecule has 94 valence electrons. The fraction of sp³-hybridized carbons (Fsp3) is 0.200. The summed E-state index contributed by atoms with van der Waals surface area (Å²) < 4.78 is 12.9. The molecule has 0 atom stereocenters. The van der Waals surface area contributed by atoms with E-state index in [0.29, 0.717) is 6.54 Å². The number of benzene rings is 2. The molecule has 18 heavy (non-hydrogen) atoms. The van der Waals surface area contributed by atoms with Crippen LogP contribution in [-0.4, -0.2) is 6.54 Å². The van der Waals surface area contributed by atoms with Gasteiger partial charge in [0.05, 0.1) is 0 Å². The van der Waals surface area contributed by atoms with Gasteiger partial charge in [0.2, 0.25) is 0 Å². The highest BCUT2D eigenvalue weighted by atomic mass is 35.5. The van der Waals surface area contributed by atoms with Crippen LogP contribution in [0, 0.1) is 5.82 Å². The van der Waals surface area contributed by atoms with Crippen molar-refractivity contribution in [1.82, 2.24) is 5.32 Å². The van der Waals surface area contributed by atoms with Crippen molar-refractivity contribution in [3.8, 4) is 0 Å². The zero-order valence-corrected chi connectivity index (χ0v) is 10.8.